The third-order valence-corrected chi connectivity index (χ3v) is 5.30. The van der Waals surface area contributed by atoms with Crippen LogP contribution < -0.4 is 4.72 Å². The fourth-order valence-corrected chi connectivity index (χ4v) is 3.30. The molecule has 0 unspecified atom stereocenters. The number of carbonyl (C=O) groups excluding carboxylic acids is 1. The van der Waals surface area contributed by atoms with E-state index in [0.717, 1.165) is 18.4 Å². The summed E-state index contributed by atoms with van der Waals surface area (Å²) in [5, 5.41) is 0. The van der Waals surface area contributed by atoms with Crippen LogP contribution in [-0.2, 0) is 19.9 Å². The summed E-state index contributed by atoms with van der Waals surface area (Å²) in [7, 11) is -7.48. The van der Waals surface area contributed by atoms with Crippen molar-refractivity contribution >= 4 is 25.8 Å². The molecule has 0 heterocycles. The number of rotatable bonds is 4. The zero-order valence-corrected chi connectivity index (χ0v) is 13.2. The highest BCUT2D eigenvalue weighted by Gasteiger charge is 2.19. The average Bonchev–Trinajstić information content (AvgIpc) is 2.47. The molecule has 0 fully saturated rings. The molecule has 0 spiro atoms. The van der Waals surface area contributed by atoms with Gasteiger partial charge in [-0.05, 0) is 36.4 Å². The van der Waals surface area contributed by atoms with Crippen LogP contribution in [0.3, 0.4) is 0 Å². The molecule has 1 amide bonds. The van der Waals surface area contributed by atoms with Crippen LogP contribution in [0.1, 0.15) is 10.4 Å². The molecule has 116 valence electrons. The van der Waals surface area contributed by atoms with Crippen LogP contribution >= 0.6 is 0 Å². The van der Waals surface area contributed by atoms with E-state index >= 15 is 0 Å². The highest BCUT2D eigenvalue weighted by Crippen LogP contribution is 2.14. The Labute approximate surface area is 128 Å². The Balaban J connectivity index is 2.26. The molecule has 8 heteroatoms. The maximum atomic E-state index is 12.1. The van der Waals surface area contributed by atoms with Gasteiger partial charge in [-0.2, -0.15) is 0 Å². The van der Waals surface area contributed by atoms with Gasteiger partial charge in [0.1, 0.15) is 0 Å². The van der Waals surface area contributed by atoms with E-state index in [0.29, 0.717) is 0 Å². The third-order valence-electron chi connectivity index (χ3n) is 2.83. The van der Waals surface area contributed by atoms with E-state index in [1.807, 2.05) is 4.72 Å². The zero-order chi connectivity index (χ0) is 16.4. The van der Waals surface area contributed by atoms with E-state index in [4.69, 9.17) is 0 Å². The first kappa shape index (κ1) is 16.2. The summed E-state index contributed by atoms with van der Waals surface area (Å²) >= 11 is 0. The average molecular weight is 339 g/mol. The fourth-order valence-electron chi connectivity index (χ4n) is 1.70. The van der Waals surface area contributed by atoms with Crippen LogP contribution in [0.2, 0.25) is 0 Å². The lowest BCUT2D eigenvalue weighted by atomic mass is 10.2. The molecule has 22 heavy (non-hydrogen) atoms. The van der Waals surface area contributed by atoms with Crippen LogP contribution in [0.4, 0.5) is 0 Å². The molecule has 2 aromatic rings. The number of hydrogen-bond acceptors (Lipinski definition) is 5. The molecule has 2 aromatic carbocycles. The molecule has 2 rings (SSSR count). The Morgan fingerprint density at radius 1 is 0.818 bits per heavy atom. The first-order valence-electron chi connectivity index (χ1n) is 6.12. The standard InChI is InChI=1S/C14H13NO5S2/c1-21(17,18)12-7-9-13(10-8-12)22(19,20)15-14(16)11-5-3-2-4-6-11/h2-10H,1H3,(H,15,16). The van der Waals surface area contributed by atoms with Gasteiger partial charge in [-0.3, -0.25) is 4.79 Å². The number of amides is 1. The number of nitrogens with one attached hydrogen (secondary N) is 1. The van der Waals surface area contributed by atoms with Gasteiger partial charge in [0.05, 0.1) is 9.79 Å². The van der Waals surface area contributed by atoms with Gasteiger partial charge in [0.25, 0.3) is 15.9 Å². The van der Waals surface area contributed by atoms with Crippen LogP contribution in [0.25, 0.3) is 0 Å². The molecule has 0 saturated heterocycles. The van der Waals surface area contributed by atoms with Crippen LogP contribution in [-0.4, -0.2) is 29.0 Å². The van der Waals surface area contributed by atoms with Crippen LogP contribution in [0, 0.1) is 0 Å². The van der Waals surface area contributed by atoms with Crippen LogP contribution in [0.5, 0.6) is 0 Å². The van der Waals surface area contributed by atoms with Crippen molar-refractivity contribution in [3.05, 3.63) is 60.2 Å². The number of benzene rings is 2. The van der Waals surface area contributed by atoms with Gasteiger partial charge in [-0.1, -0.05) is 18.2 Å². The minimum Gasteiger partial charge on any atom is -0.268 e. The van der Waals surface area contributed by atoms with Gasteiger partial charge < -0.3 is 0 Å². The molecular formula is C14H13NO5S2. The first-order chi connectivity index (χ1) is 10.2. The van der Waals surface area contributed by atoms with Crippen molar-refractivity contribution in [3.63, 3.8) is 0 Å². The molecule has 0 saturated carbocycles. The lowest BCUT2D eigenvalue weighted by Gasteiger charge is -2.07. The van der Waals surface area contributed by atoms with Gasteiger partial charge in [-0.25, -0.2) is 21.6 Å². The monoisotopic (exact) mass is 339 g/mol. The van der Waals surface area contributed by atoms with Gasteiger partial charge in [-0.15, -0.1) is 0 Å². The second-order valence-corrected chi connectivity index (χ2v) is 8.24. The summed E-state index contributed by atoms with van der Waals surface area (Å²) in [6.07, 6.45) is 1.02. The van der Waals surface area contributed by atoms with Crippen molar-refractivity contribution in [3.8, 4) is 0 Å². The Kier molecular flexibility index (Phi) is 4.34. The molecule has 0 aromatic heterocycles. The lowest BCUT2D eigenvalue weighted by molar-refractivity contribution is 0.0981. The third kappa shape index (κ3) is 3.71. The first-order valence-corrected chi connectivity index (χ1v) is 9.50. The smallest absolute Gasteiger partial charge is 0.264 e. The van der Waals surface area contributed by atoms with E-state index in [2.05, 4.69) is 0 Å². The van der Waals surface area contributed by atoms with E-state index in [1.54, 1.807) is 18.2 Å². The summed E-state index contributed by atoms with van der Waals surface area (Å²) in [6, 6.07) is 12.5. The van der Waals surface area contributed by atoms with Crippen LogP contribution in [0.15, 0.2) is 64.4 Å². The quantitative estimate of drug-likeness (QED) is 0.903. The van der Waals surface area contributed by atoms with Crippen molar-refractivity contribution < 1.29 is 21.6 Å². The minimum absolute atomic E-state index is 0.000774. The molecule has 0 bridgehead atoms. The van der Waals surface area contributed by atoms with Gasteiger partial charge in [0, 0.05) is 11.8 Å². The van der Waals surface area contributed by atoms with E-state index < -0.39 is 25.8 Å². The normalized spacial score (nSPS) is 11.9. The minimum atomic E-state index is -4.06. The maximum Gasteiger partial charge on any atom is 0.264 e. The predicted molar refractivity (Wildman–Crippen MR) is 80.6 cm³/mol. The second kappa shape index (κ2) is 5.90. The summed E-state index contributed by atoms with van der Waals surface area (Å²) < 4.78 is 48.8. The van der Waals surface area contributed by atoms with Gasteiger partial charge >= 0.3 is 0 Å². The molecule has 0 radical (unpaired) electrons. The van der Waals surface area contributed by atoms with Crippen molar-refractivity contribution in [1.29, 1.82) is 0 Å². The molecule has 0 aliphatic rings. The summed E-state index contributed by atoms with van der Waals surface area (Å²) in [4.78, 5) is 11.7. The number of hydrogen-bond donors (Lipinski definition) is 1. The molecule has 0 atom stereocenters. The van der Waals surface area contributed by atoms with Crippen molar-refractivity contribution in [2.45, 2.75) is 9.79 Å². The van der Waals surface area contributed by atoms with Crippen molar-refractivity contribution in [1.82, 2.24) is 4.72 Å². The summed E-state index contributed by atoms with van der Waals surface area (Å²) in [5.41, 5.74) is 0.207. The SMILES string of the molecule is CS(=O)(=O)c1ccc(S(=O)(=O)NC(=O)c2ccccc2)cc1. The summed E-state index contributed by atoms with van der Waals surface area (Å²) in [6.45, 7) is 0. The van der Waals surface area contributed by atoms with E-state index in [9.17, 15) is 21.6 Å². The molecule has 6 nitrogen and oxygen atoms in total. The Bertz CT molecular complexity index is 886. The fraction of sp³-hybridized carbons (Fsp3) is 0.0714. The molecule has 0 aliphatic carbocycles. The highest BCUT2D eigenvalue weighted by atomic mass is 32.2. The zero-order valence-electron chi connectivity index (χ0n) is 11.6. The Morgan fingerprint density at radius 2 is 1.32 bits per heavy atom. The van der Waals surface area contributed by atoms with E-state index in [-0.39, 0.29) is 15.4 Å². The topological polar surface area (TPSA) is 97.4 Å². The van der Waals surface area contributed by atoms with Gasteiger partial charge in [0.2, 0.25) is 0 Å². The second-order valence-electron chi connectivity index (χ2n) is 4.54. The van der Waals surface area contributed by atoms with Crippen molar-refractivity contribution in [2.24, 2.45) is 0 Å². The maximum absolute atomic E-state index is 12.1. The van der Waals surface area contributed by atoms with Crippen molar-refractivity contribution in [2.75, 3.05) is 6.26 Å². The Morgan fingerprint density at radius 3 is 1.82 bits per heavy atom. The number of carbonyl (C=O) groups is 1. The molecule has 0 aliphatic heterocycles. The van der Waals surface area contributed by atoms with Gasteiger partial charge in [0.15, 0.2) is 9.84 Å². The Hall–Kier alpha value is -2.19. The lowest BCUT2D eigenvalue weighted by Crippen LogP contribution is -2.30. The largest absolute Gasteiger partial charge is 0.268 e. The highest BCUT2D eigenvalue weighted by molar-refractivity contribution is 7.91. The molecular weight excluding hydrogens is 326 g/mol. The predicted octanol–water partition coefficient (Wildman–Crippen LogP) is 1.21. The summed E-state index contributed by atoms with van der Waals surface area (Å²) in [5.74, 6) is -0.757. The number of sulfonamides is 1. The number of sulfone groups is 1. The molecule has 1 N–H and O–H groups in total. The van der Waals surface area contributed by atoms with E-state index in [1.165, 1.54) is 24.3 Å².